The fourth-order valence-corrected chi connectivity index (χ4v) is 0.919. The van der Waals surface area contributed by atoms with Gasteiger partial charge in [-0.3, -0.25) is 4.79 Å². The molecule has 98 valence electrons. The van der Waals surface area contributed by atoms with Gasteiger partial charge >= 0.3 is 11.9 Å². The zero-order valence-corrected chi connectivity index (χ0v) is 10.4. The summed E-state index contributed by atoms with van der Waals surface area (Å²) < 4.78 is 19.2. The van der Waals surface area contributed by atoms with Crippen LogP contribution in [0.4, 0.5) is 0 Å². The molecule has 17 heavy (non-hydrogen) atoms. The van der Waals surface area contributed by atoms with Crippen LogP contribution in [0.5, 0.6) is 0 Å². The highest BCUT2D eigenvalue weighted by Gasteiger charge is 2.19. The lowest BCUT2D eigenvalue weighted by Gasteiger charge is -2.16. The van der Waals surface area contributed by atoms with E-state index in [9.17, 15) is 9.59 Å². The molecule has 1 atom stereocenters. The third kappa shape index (κ3) is 7.48. The van der Waals surface area contributed by atoms with E-state index >= 15 is 0 Å². The van der Waals surface area contributed by atoms with Crippen molar-refractivity contribution in [1.82, 2.24) is 0 Å². The predicted octanol–water partition coefficient (Wildman–Crippen LogP) is 0.658. The largest absolute Gasteiger partial charge is 0.469 e. The normalized spacial score (nSPS) is 11.7. The van der Waals surface area contributed by atoms with E-state index in [4.69, 9.17) is 9.47 Å². The molecule has 0 N–H and O–H groups in total. The summed E-state index contributed by atoms with van der Waals surface area (Å²) in [5.41, 5.74) is 0.256. The average molecular weight is 246 g/mol. The van der Waals surface area contributed by atoms with Crippen molar-refractivity contribution in [3.8, 4) is 0 Å². The number of carbonyl (C=O) groups is 2. The standard InChI is InChI=1S/C11H18O6/c1-8(2)11(13)17-9(5-10(12)15-4)6-16-7-14-3/h9H,1,5-7H2,2-4H3. The Bertz CT molecular complexity index is 273. The lowest BCUT2D eigenvalue weighted by molar-refractivity contribution is -0.156. The second-order valence-corrected chi connectivity index (χ2v) is 3.37. The number of methoxy groups -OCH3 is 2. The zero-order chi connectivity index (χ0) is 13.3. The third-order valence-electron chi connectivity index (χ3n) is 1.75. The quantitative estimate of drug-likeness (QED) is 0.271. The monoisotopic (exact) mass is 246 g/mol. The van der Waals surface area contributed by atoms with Gasteiger partial charge in [0.25, 0.3) is 0 Å². The number of hydrogen-bond donors (Lipinski definition) is 0. The van der Waals surface area contributed by atoms with Gasteiger partial charge in [-0.05, 0) is 6.92 Å². The van der Waals surface area contributed by atoms with E-state index in [2.05, 4.69) is 16.1 Å². The van der Waals surface area contributed by atoms with Crippen LogP contribution in [0.3, 0.4) is 0 Å². The molecule has 0 aromatic heterocycles. The van der Waals surface area contributed by atoms with E-state index < -0.39 is 18.0 Å². The highest BCUT2D eigenvalue weighted by Crippen LogP contribution is 2.05. The molecule has 0 rings (SSSR count). The van der Waals surface area contributed by atoms with Crippen LogP contribution in [0, 0.1) is 0 Å². The van der Waals surface area contributed by atoms with Gasteiger partial charge in [-0.15, -0.1) is 0 Å². The Kier molecular flexibility index (Phi) is 8.00. The van der Waals surface area contributed by atoms with E-state index in [1.807, 2.05) is 0 Å². The summed E-state index contributed by atoms with van der Waals surface area (Å²) in [6.07, 6.45) is -0.777. The number of rotatable bonds is 8. The molecule has 0 saturated carbocycles. The molecule has 0 spiro atoms. The zero-order valence-electron chi connectivity index (χ0n) is 10.4. The smallest absolute Gasteiger partial charge is 0.333 e. The minimum absolute atomic E-state index is 0.0575. The maximum Gasteiger partial charge on any atom is 0.333 e. The molecule has 1 unspecified atom stereocenters. The van der Waals surface area contributed by atoms with E-state index in [1.165, 1.54) is 21.1 Å². The van der Waals surface area contributed by atoms with Crippen LogP contribution in [0.2, 0.25) is 0 Å². The molecule has 6 nitrogen and oxygen atoms in total. The first-order chi connectivity index (χ1) is 8.01. The molecule has 0 saturated heterocycles. The summed E-state index contributed by atoms with van der Waals surface area (Å²) >= 11 is 0. The van der Waals surface area contributed by atoms with Crippen molar-refractivity contribution in [3.05, 3.63) is 12.2 Å². The van der Waals surface area contributed by atoms with Crippen molar-refractivity contribution in [3.63, 3.8) is 0 Å². The number of hydrogen-bond acceptors (Lipinski definition) is 6. The predicted molar refractivity (Wildman–Crippen MR) is 59.2 cm³/mol. The fraction of sp³-hybridized carbons (Fsp3) is 0.636. The number of ether oxygens (including phenoxy) is 4. The summed E-state index contributed by atoms with van der Waals surface area (Å²) in [5, 5.41) is 0. The summed E-state index contributed by atoms with van der Waals surface area (Å²) in [4.78, 5) is 22.4. The lowest BCUT2D eigenvalue weighted by atomic mass is 10.2. The van der Waals surface area contributed by atoms with Gasteiger partial charge in [0, 0.05) is 12.7 Å². The van der Waals surface area contributed by atoms with Crippen LogP contribution in [-0.4, -0.2) is 45.7 Å². The second-order valence-electron chi connectivity index (χ2n) is 3.37. The van der Waals surface area contributed by atoms with E-state index in [-0.39, 0.29) is 25.4 Å². The number of carbonyl (C=O) groups excluding carboxylic acids is 2. The van der Waals surface area contributed by atoms with Gasteiger partial charge in [-0.25, -0.2) is 4.79 Å². The van der Waals surface area contributed by atoms with Gasteiger partial charge < -0.3 is 18.9 Å². The first kappa shape index (κ1) is 15.6. The Morgan fingerprint density at radius 2 is 1.94 bits per heavy atom. The maximum absolute atomic E-state index is 11.3. The lowest BCUT2D eigenvalue weighted by Crippen LogP contribution is -2.27. The first-order valence-corrected chi connectivity index (χ1v) is 5.01. The second kappa shape index (κ2) is 8.72. The molecular weight excluding hydrogens is 228 g/mol. The Labute approximate surface area is 100 Å². The fourth-order valence-electron chi connectivity index (χ4n) is 0.919. The van der Waals surface area contributed by atoms with Crippen LogP contribution in [-0.2, 0) is 28.5 Å². The van der Waals surface area contributed by atoms with Crippen molar-refractivity contribution in [2.45, 2.75) is 19.4 Å². The van der Waals surface area contributed by atoms with E-state index in [0.29, 0.717) is 0 Å². The van der Waals surface area contributed by atoms with E-state index in [0.717, 1.165) is 0 Å². The van der Waals surface area contributed by atoms with Gasteiger partial charge in [0.2, 0.25) is 0 Å². The summed E-state index contributed by atoms with van der Waals surface area (Å²) in [6, 6.07) is 0. The van der Waals surface area contributed by atoms with Crippen molar-refractivity contribution in [2.75, 3.05) is 27.6 Å². The molecular formula is C11H18O6. The van der Waals surface area contributed by atoms with Crippen LogP contribution < -0.4 is 0 Å². The van der Waals surface area contributed by atoms with Gasteiger partial charge in [0.05, 0.1) is 20.1 Å². The van der Waals surface area contributed by atoms with Gasteiger partial charge in [-0.2, -0.15) is 0 Å². The molecule has 0 heterocycles. The van der Waals surface area contributed by atoms with Crippen LogP contribution in [0.25, 0.3) is 0 Å². The molecule has 6 heteroatoms. The molecule has 0 amide bonds. The Morgan fingerprint density at radius 1 is 1.29 bits per heavy atom. The van der Waals surface area contributed by atoms with E-state index in [1.54, 1.807) is 0 Å². The minimum Gasteiger partial charge on any atom is -0.469 e. The van der Waals surface area contributed by atoms with Crippen molar-refractivity contribution >= 4 is 11.9 Å². The van der Waals surface area contributed by atoms with Gasteiger partial charge in [0.1, 0.15) is 12.9 Å². The molecule has 0 fully saturated rings. The summed E-state index contributed by atoms with van der Waals surface area (Å²) in [6.45, 7) is 5.08. The van der Waals surface area contributed by atoms with Crippen LogP contribution in [0.1, 0.15) is 13.3 Å². The highest BCUT2D eigenvalue weighted by molar-refractivity contribution is 5.87. The Balaban J connectivity index is 4.23. The molecule has 0 aromatic rings. The molecule has 0 aliphatic carbocycles. The average Bonchev–Trinajstić information content (AvgIpc) is 2.28. The Morgan fingerprint density at radius 3 is 2.41 bits per heavy atom. The summed E-state index contributed by atoms with van der Waals surface area (Å²) in [5.74, 6) is -1.05. The Hall–Kier alpha value is -1.40. The topological polar surface area (TPSA) is 71.1 Å². The molecule has 0 aliphatic rings. The van der Waals surface area contributed by atoms with Crippen LogP contribution in [0.15, 0.2) is 12.2 Å². The molecule has 0 aliphatic heterocycles. The summed E-state index contributed by atoms with van der Waals surface area (Å²) in [7, 11) is 2.73. The minimum atomic E-state index is -0.707. The van der Waals surface area contributed by atoms with Gasteiger partial charge in [0.15, 0.2) is 0 Å². The van der Waals surface area contributed by atoms with Crippen molar-refractivity contribution in [1.29, 1.82) is 0 Å². The first-order valence-electron chi connectivity index (χ1n) is 5.01. The van der Waals surface area contributed by atoms with Crippen LogP contribution >= 0.6 is 0 Å². The van der Waals surface area contributed by atoms with Crippen molar-refractivity contribution in [2.24, 2.45) is 0 Å². The SMILES string of the molecule is C=C(C)C(=O)OC(COCOC)CC(=O)OC. The number of esters is 2. The third-order valence-corrected chi connectivity index (χ3v) is 1.75. The maximum atomic E-state index is 11.3. The van der Waals surface area contributed by atoms with Gasteiger partial charge in [-0.1, -0.05) is 6.58 Å². The molecule has 0 radical (unpaired) electrons. The highest BCUT2D eigenvalue weighted by atomic mass is 16.7. The molecule has 0 bridgehead atoms. The molecule has 0 aromatic carbocycles. The van der Waals surface area contributed by atoms with Crippen molar-refractivity contribution < 1.29 is 28.5 Å².